The molecule has 0 radical (unpaired) electrons. The predicted molar refractivity (Wildman–Crippen MR) is 78.9 cm³/mol. The Kier molecular flexibility index (Phi) is 4.43. The fraction of sp³-hybridized carbons (Fsp3) is 0.533. The molecule has 1 saturated heterocycles. The van der Waals surface area contributed by atoms with Crippen molar-refractivity contribution in [3.05, 3.63) is 24.3 Å². The monoisotopic (exact) mass is 261 g/mol. The molecule has 104 valence electrons. The standard InChI is InChI=1S/C15H23N3O/c1-11-7-12(2)9-18(8-11)10-15(19)17-14-5-3-13(16)4-6-14/h3-6,11-12H,7-10,16H2,1-2H3,(H,17,19). The third-order valence-electron chi connectivity index (χ3n) is 3.51. The largest absolute Gasteiger partial charge is 0.399 e. The molecule has 1 amide bonds. The molecule has 2 atom stereocenters. The molecule has 1 aliphatic heterocycles. The zero-order valence-electron chi connectivity index (χ0n) is 11.7. The SMILES string of the molecule is CC1CC(C)CN(CC(=O)Nc2ccc(N)cc2)C1. The summed E-state index contributed by atoms with van der Waals surface area (Å²) in [7, 11) is 0. The lowest BCUT2D eigenvalue weighted by atomic mass is 9.92. The molecule has 4 heteroatoms. The summed E-state index contributed by atoms with van der Waals surface area (Å²) in [5, 5.41) is 2.91. The van der Waals surface area contributed by atoms with Crippen molar-refractivity contribution >= 4 is 17.3 Å². The highest BCUT2D eigenvalue weighted by atomic mass is 16.2. The smallest absolute Gasteiger partial charge is 0.238 e. The first-order chi connectivity index (χ1) is 9.02. The van der Waals surface area contributed by atoms with Gasteiger partial charge in [0.05, 0.1) is 6.54 Å². The number of hydrogen-bond donors (Lipinski definition) is 2. The van der Waals surface area contributed by atoms with E-state index < -0.39 is 0 Å². The van der Waals surface area contributed by atoms with Crippen molar-refractivity contribution in [2.24, 2.45) is 11.8 Å². The van der Waals surface area contributed by atoms with Crippen LogP contribution in [0.1, 0.15) is 20.3 Å². The highest BCUT2D eigenvalue weighted by molar-refractivity contribution is 5.92. The number of nitrogens with zero attached hydrogens (tertiary/aromatic N) is 1. The number of piperidine rings is 1. The molecule has 1 aromatic rings. The third-order valence-corrected chi connectivity index (χ3v) is 3.51. The van der Waals surface area contributed by atoms with Crippen LogP contribution in [0.25, 0.3) is 0 Å². The number of carbonyl (C=O) groups is 1. The summed E-state index contributed by atoms with van der Waals surface area (Å²) in [6.45, 7) is 7.00. The molecule has 0 saturated carbocycles. The molecular weight excluding hydrogens is 238 g/mol. The van der Waals surface area contributed by atoms with Gasteiger partial charge in [-0.15, -0.1) is 0 Å². The number of carbonyl (C=O) groups excluding carboxylic acids is 1. The normalized spacial score (nSPS) is 24.1. The molecule has 2 unspecified atom stereocenters. The van der Waals surface area contributed by atoms with E-state index >= 15 is 0 Å². The van der Waals surface area contributed by atoms with Crippen molar-refractivity contribution in [1.82, 2.24) is 4.90 Å². The van der Waals surface area contributed by atoms with Crippen LogP contribution in [0.3, 0.4) is 0 Å². The van der Waals surface area contributed by atoms with E-state index in [-0.39, 0.29) is 5.91 Å². The van der Waals surface area contributed by atoms with Gasteiger partial charge in [0.25, 0.3) is 0 Å². The van der Waals surface area contributed by atoms with Gasteiger partial charge < -0.3 is 11.1 Å². The third kappa shape index (κ3) is 4.24. The summed E-state index contributed by atoms with van der Waals surface area (Å²) in [5.41, 5.74) is 7.12. The summed E-state index contributed by atoms with van der Waals surface area (Å²) >= 11 is 0. The molecule has 0 spiro atoms. The maximum Gasteiger partial charge on any atom is 0.238 e. The predicted octanol–water partition coefficient (Wildman–Crippen LogP) is 2.19. The van der Waals surface area contributed by atoms with Crippen molar-refractivity contribution in [2.45, 2.75) is 20.3 Å². The summed E-state index contributed by atoms with van der Waals surface area (Å²) in [6, 6.07) is 7.24. The van der Waals surface area contributed by atoms with Crippen LogP contribution in [0.5, 0.6) is 0 Å². The Morgan fingerprint density at radius 3 is 2.42 bits per heavy atom. The Bertz CT molecular complexity index is 420. The van der Waals surface area contributed by atoms with Crippen molar-refractivity contribution in [3.63, 3.8) is 0 Å². The zero-order chi connectivity index (χ0) is 13.8. The quantitative estimate of drug-likeness (QED) is 0.820. The Morgan fingerprint density at radius 2 is 1.84 bits per heavy atom. The van der Waals surface area contributed by atoms with E-state index in [2.05, 4.69) is 24.1 Å². The molecule has 2 rings (SSSR count). The lowest BCUT2D eigenvalue weighted by molar-refractivity contribution is -0.117. The van der Waals surface area contributed by atoms with Gasteiger partial charge in [-0.2, -0.15) is 0 Å². The van der Waals surface area contributed by atoms with Gasteiger partial charge in [-0.3, -0.25) is 9.69 Å². The van der Waals surface area contributed by atoms with Gasteiger partial charge in [-0.25, -0.2) is 0 Å². The van der Waals surface area contributed by atoms with Crippen LogP contribution >= 0.6 is 0 Å². The molecule has 1 fully saturated rings. The van der Waals surface area contributed by atoms with Gasteiger partial charge in [-0.1, -0.05) is 13.8 Å². The van der Waals surface area contributed by atoms with Crippen LogP contribution < -0.4 is 11.1 Å². The molecule has 19 heavy (non-hydrogen) atoms. The molecule has 0 bridgehead atoms. The van der Waals surface area contributed by atoms with E-state index in [0.717, 1.165) is 18.8 Å². The van der Waals surface area contributed by atoms with E-state index in [1.54, 1.807) is 12.1 Å². The second-order valence-electron chi connectivity index (χ2n) is 5.81. The number of anilines is 2. The first-order valence-corrected chi connectivity index (χ1v) is 6.90. The van der Waals surface area contributed by atoms with Gasteiger partial charge in [0.15, 0.2) is 0 Å². The number of benzene rings is 1. The Morgan fingerprint density at radius 1 is 1.26 bits per heavy atom. The fourth-order valence-electron chi connectivity index (χ4n) is 2.89. The van der Waals surface area contributed by atoms with Crippen molar-refractivity contribution in [3.8, 4) is 0 Å². The summed E-state index contributed by atoms with van der Waals surface area (Å²) < 4.78 is 0. The zero-order valence-corrected chi connectivity index (χ0v) is 11.7. The molecular formula is C15H23N3O. The maximum absolute atomic E-state index is 12.0. The van der Waals surface area contributed by atoms with Crippen molar-refractivity contribution in [1.29, 1.82) is 0 Å². The Hall–Kier alpha value is -1.55. The summed E-state index contributed by atoms with van der Waals surface area (Å²) in [5.74, 6) is 1.40. The molecule has 4 nitrogen and oxygen atoms in total. The lowest BCUT2D eigenvalue weighted by Gasteiger charge is -2.34. The average Bonchev–Trinajstić information content (AvgIpc) is 2.30. The van der Waals surface area contributed by atoms with Crippen molar-refractivity contribution in [2.75, 3.05) is 30.7 Å². The first kappa shape index (κ1) is 13.9. The number of likely N-dealkylation sites (tertiary alicyclic amines) is 1. The summed E-state index contributed by atoms with van der Waals surface area (Å²) in [4.78, 5) is 14.2. The van der Waals surface area contributed by atoms with Gasteiger partial charge in [0.1, 0.15) is 0 Å². The van der Waals surface area contributed by atoms with Gasteiger partial charge in [-0.05, 0) is 42.5 Å². The lowest BCUT2D eigenvalue weighted by Crippen LogP contribution is -2.42. The highest BCUT2D eigenvalue weighted by Crippen LogP contribution is 2.20. The number of nitrogens with one attached hydrogen (secondary N) is 1. The number of hydrogen-bond acceptors (Lipinski definition) is 3. The highest BCUT2D eigenvalue weighted by Gasteiger charge is 2.23. The molecule has 0 aliphatic carbocycles. The van der Waals surface area contributed by atoms with Crippen LogP contribution in [0, 0.1) is 11.8 Å². The second-order valence-corrected chi connectivity index (χ2v) is 5.81. The first-order valence-electron chi connectivity index (χ1n) is 6.90. The number of nitrogens with two attached hydrogens (primary N) is 1. The minimum Gasteiger partial charge on any atom is -0.399 e. The van der Waals surface area contributed by atoms with E-state index in [9.17, 15) is 4.79 Å². The van der Waals surface area contributed by atoms with E-state index in [4.69, 9.17) is 5.73 Å². The maximum atomic E-state index is 12.0. The van der Waals surface area contributed by atoms with Gasteiger partial charge in [0, 0.05) is 24.5 Å². The minimum absolute atomic E-state index is 0.0473. The van der Waals surface area contributed by atoms with Crippen LogP contribution in [-0.2, 0) is 4.79 Å². The van der Waals surface area contributed by atoms with Crippen molar-refractivity contribution < 1.29 is 4.79 Å². The van der Waals surface area contributed by atoms with E-state index in [1.807, 2.05) is 12.1 Å². The minimum atomic E-state index is 0.0473. The van der Waals surface area contributed by atoms with Crippen LogP contribution in [-0.4, -0.2) is 30.4 Å². The summed E-state index contributed by atoms with van der Waals surface area (Å²) in [6.07, 6.45) is 1.26. The Labute approximate surface area is 115 Å². The molecule has 1 heterocycles. The second kappa shape index (κ2) is 6.06. The topological polar surface area (TPSA) is 58.4 Å². The average molecular weight is 261 g/mol. The van der Waals surface area contributed by atoms with Crippen LogP contribution in [0.2, 0.25) is 0 Å². The fourth-order valence-corrected chi connectivity index (χ4v) is 2.89. The molecule has 3 N–H and O–H groups in total. The molecule has 0 aromatic heterocycles. The number of rotatable bonds is 3. The molecule has 1 aromatic carbocycles. The van der Waals surface area contributed by atoms with Gasteiger partial charge >= 0.3 is 0 Å². The number of nitrogen functional groups attached to an aromatic ring is 1. The van der Waals surface area contributed by atoms with E-state index in [1.165, 1.54) is 6.42 Å². The van der Waals surface area contributed by atoms with Gasteiger partial charge in [0.2, 0.25) is 5.91 Å². The van der Waals surface area contributed by atoms with E-state index in [0.29, 0.717) is 24.1 Å². The van der Waals surface area contributed by atoms with Crippen LogP contribution in [0.15, 0.2) is 24.3 Å². The van der Waals surface area contributed by atoms with Crippen LogP contribution in [0.4, 0.5) is 11.4 Å². The number of amides is 1. The Balaban J connectivity index is 1.85. The molecule has 1 aliphatic rings.